The van der Waals surface area contributed by atoms with E-state index >= 15 is 0 Å². The maximum atomic E-state index is 12.0. The van der Waals surface area contributed by atoms with E-state index in [1.54, 1.807) is 0 Å². The third-order valence-corrected chi connectivity index (χ3v) is 1.28. The Morgan fingerprint density at radius 2 is 1.92 bits per heavy atom. The standard InChI is InChI=1S/C7H6F3N.CH4/c1-5-3-2-4-11-6(5)7(8,9)10;/h2-4H,1H3;1H4. The van der Waals surface area contributed by atoms with Crippen LogP contribution in [-0.4, -0.2) is 4.98 Å². The quantitative estimate of drug-likeness (QED) is 0.593. The minimum absolute atomic E-state index is 0. The molecule has 68 valence electrons. The lowest BCUT2D eigenvalue weighted by Crippen LogP contribution is -2.09. The van der Waals surface area contributed by atoms with Crippen molar-refractivity contribution < 1.29 is 13.2 Å². The zero-order valence-electron chi connectivity index (χ0n) is 5.81. The van der Waals surface area contributed by atoms with E-state index in [1.807, 2.05) is 0 Å². The number of nitrogens with zero attached hydrogens (tertiary/aromatic N) is 1. The van der Waals surface area contributed by atoms with Crippen molar-refractivity contribution in [2.75, 3.05) is 0 Å². The molecule has 4 heteroatoms. The molecular weight excluding hydrogens is 167 g/mol. The minimum atomic E-state index is -4.33. The normalized spacial score (nSPS) is 10.7. The van der Waals surface area contributed by atoms with Crippen molar-refractivity contribution in [2.45, 2.75) is 20.5 Å². The van der Waals surface area contributed by atoms with Crippen LogP contribution in [-0.2, 0) is 6.18 Å². The van der Waals surface area contributed by atoms with Gasteiger partial charge in [-0.3, -0.25) is 4.98 Å². The van der Waals surface area contributed by atoms with Crippen LogP contribution in [0.1, 0.15) is 18.7 Å². The van der Waals surface area contributed by atoms with Crippen LogP contribution in [0, 0.1) is 6.92 Å². The maximum Gasteiger partial charge on any atom is 0.433 e. The largest absolute Gasteiger partial charge is 0.433 e. The smallest absolute Gasteiger partial charge is 0.252 e. The van der Waals surface area contributed by atoms with E-state index in [1.165, 1.54) is 19.1 Å². The predicted molar refractivity (Wildman–Crippen MR) is 40.7 cm³/mol. The second kappa shape index (κ2) is 3.56. The van der Waals surface area contributed by atoms with Crippen LogP contribution in [0.2, 0.25) is 0 Å². The highest BCUT2D eigenvalue weighted by Crippen LogP contribution is 2.29. The molecule has 0 unspecified atom stereocenters. The number of hydrogen-bond acceptors (Lipinski definition) is 1. The summed E-state index contributed by atoms with van der Waals surface area (Å²) in [5.41, 5.74) is -0.653. The van der Waals surface area contributed by atoms with Gasteiger partial charge in [0.25, 0.3) is 0 Å². The highest BCUT2D eigenvalue weighted by Gasteiger charge is 2.33. The average Bonchev–Trinajstić information content (AvgIpc) is 1.86. The number of alkyl halides is 3. The second-order valence-electron chi connectivity index (χ2n) is 2.17. The summed E-state index contributed by atoms with van der Waals surface area (Å²) >= 11 is 0. The predicted octanol–water partition coefficient (Wildman–Crippen LogP) is 3.04. The van der Waals surface area contributed by atoms with Gasteiger partial charge in [-0.1, -0.05) is 13.5 Å². The van der Waals surface area contributed by atoms with Crippen LogP contribution in [0.15, 0.2) is 18.3 Å². The van der Waals surface area contributed by atoms with Crippen molar-refractivity contribution in [3.63, 3.8) is 0 Å². The molecule has 0 amide bonds. The third kappa shape index (κ3) is 2.22. The molecule has 0 aliphatic heterocycles. The van der Waals surface area contributed by atoms with E-state index in [2.05, 4.69) is 4.98 Å². The summed E-state index contributed by atoms with van der Waals surface area (Å²) in [6, 6.07) is 2.86. The van der Waals surface area contributed by atoms with Gasteiger partial charge in [-0.2, -0.15) is 13.2 Å². The molecule has 1 heterocycles. The molecule has 0 aliphatic rings. The first-order valence-electron chi connectivity index (χ1n) is 3.00. The SMILES string of the molecule is C.Cc1cccnc1C(F)(F)F. The van der Waals surface area contributed by atoms with Gasteiger partial charge in [0.05, 0.1) is 0 Å². The summed E-state index contributed by atoms with van der Waals surface area (Å²) < 4.78 is 36.0. The molecule has 0 N–H and O–H groups in total. The van der Waals surface area contributed by atoms with E-state index in [4.69, 9.17) is 0 Å². The van der Waals surface area contributed by atoms with Gasteiger partial charge in [0.15, 0.2) is 0 Å². The lowest BCUT2D eigenvalue weighted by atomic mass is 10.2. The lowest BCUT2D eigenvalue weighted by molar-refractivity contribution is -0.141. The van der Waals surface area contributed by atoms with Crippen LogP contribution >= 0.6 is 0 Å². The maximum absolute atomic E-state index is 12.0. The highest BCUT2D eigenvalue weighted by atomic mass is 19.4. The lowest BCUT2D eigenvalue weighted by Gasteiger charge is -2.06. The average molecular weight is 177 g/mol. The van der Waals surface area contributed by atoms with Gasteiger partial charge in [0, 0.05) is 6.20 Å². The van der Waals surface area contributed by atoms with E-state index < -0.39 is 11.9 Å². The van der Waals surface area contributed by atoms with Gasteiger partial charge < -0.3 is 0 Å². The third-order valence-electron chi connectivity index (χ3n) is 1.28. The molecule has 1 aromatic rings. The van der Waals surface area contributed by atoms with Gasteiger partial charge >= 0.3 is 6.18 Å². The minimum Gasteiger partial charge on any atom is -0.252 e. The van der Waals surface area contributed by atoms with Gasteiger partial charge in [0.2, 0.25) is 0 Å². The molecule has 0 saturated carbocycles. The van der Waals surface area contributed by atoms with Crippen molar-refractivity contribution in [1.82, 2.24) is 4.98 Å². The first-order valence-corrected chi connectivity index (χ1v) is 3.00. The summed E-state index contributed by atoms with van der Waals surface area (Å²) in [4.78, 5) is 3.22. The summed E-state index contributed by atoms with van der Waals surface area (Å²) in [5, 5.41) is 0. The number of rotatable bonds is 0. The van der Waals surface area contributed by atoms with E-state index in [-0.39, 0.29) is 13.0 Å². The summed E-state index contributed by atoms with van der Waals surface area (Å²) in [6.45, 7) is 1.38. The fourth-order valence-electron chi connectivity index (χ4n) is 0.782. The van der Waals surface area contributed by atoms with Gasteiger partial charge in [-0.25, -0.2) is 0 Å². The molecule has 1 rings (SSSR count). The zero-order valence-corrected chi connectivity index (χ0v) is 5.81. The molecule has 0 spiro atoms. The molecule has 0 saturated heterocycles. The fraction of sp³-hybridized carbons (Fsp3) is 0.375. The van der Waals surface area contributed by atoms with Crippen molar-refractivity contribution in [3.8, 4) is 0 Å². The first kappa shape index (κ1) is 10.9. The van der Waals surface area contributed by atoms with Gasteiger partial charge in [0.1, 0.15) is 5.69 Å². The van der Waals surface area contributed by atoms with E-state index in [0.29, 0.717) is 0 Å². The Kier molecular flexibility index (Phi) is 3.24. The van der Waals surface area contributed by atoms with Crippen LogP contribution in [0.25, 0.3) is 0 Å². The molecular formula is C8H10F3N. The van der Waals surface area contributed by atoms with Gasteiger partial charge in [-0.15, -0.1) is 0 Å². The number of aryl methyl sites for hydroxylation is 1. The Labute approximate surface area is 69.2 Å². The van der Waals surface area contributed by atoms with Crippen LogP contribution in [0.4, 0.5) is 13.2 Å². The van der Waals surface area contributed by atoms with Crippen LogP contribution in [0.5, 0.6) is 0 Å². The topological polar surface area (TPSA) is 12.9 Å². The van der Waals surface area contributed by atoms with E-state index in [0.717, 1.165) is 6.20 Å². The molecule has 1 nitrogen and oxygen atoms in total. The molecule has 0 bridgehead atoms. The van der Waals surface area contributed by atoms with Crippen LogP contribution in [0.3, 0.4) is 0 Å². The molecule has 1 aromatic heterocycles. The Morgan fingerprint density at radius 3 is 2.25 bits per heavy atom. The Balaban J connectivity index is 0.00000121. The highest BCUT2D eigenvalue weighted by molar-refractivity contribution is 5.19. The monoisotopic (exact) mass is 177 g/mol. The van der Waals surface area contributed by atoms with Crippen molar-refractivity contribution in [2.24, 2.45) is 0 Å². The Bertz CT molecular complexity index is 255. The number of hydrogen-bond donors (Lipinski definition) is 0. The molecule has 0 radical (unpaired) electrons. The Hall–Kier alpha value is -1.06. The molecule has 0 aromatic carbocycles. The number of aromatic nitrogens is 1. The number of pyridine rings is 1. The van der Waals surface area contributed by atoms with Crippen molar-refractivity contribution in [3.05, 3.63) is 29.6 Å². The summed E-state index contributed by atoms with van der Waals surface area (Å²) in [6.07, 6.45) is -3.19. The molecule has 12 heavy (non-hydrogen) atoms. The summed E-state index contributed by atoms with van der Waals surface area (Å²) in [7, 11) is 0. The molecule has 0 fully saturated rings. The van der Waals surface area contributed by atoms with Crippen molar-refractivity contribution >= 4 is 0 Å². The zero-order chi connectivity index (χ0) is 8.48. The fourth-order valence-corrected chi connectivity index (χ4v) is 0.782. The van der Waals surface area contributed by atoms with Crippen molar-refractivity contribution in [1.29, 1.82) is 0 Å². The Morgan fingerprint density at radius 1 is 1.33 bits per heavy atom. The number of halogens is 3. The second-order valence-corrected chi connectivity index (χ2v) is 2.17. The molecule has 0 aliphatic carbocycles. The molecule has 0 atom stereocenters. The first-order chi connectivity index (χ1) is 5.02. The summed E-state index contributed by atoms with van der Waals surface area (Å²) in [5.74, 6) is 0. The van der Waals surface area contributed by atoms with E-state index in [9.17, 15) is 13.2 Å². The van der Waals surface area contributed by atoms with Crippen LogP contribution < -0.4 is 0 Å². The van der Waals surface area contributed by atoms with Gasteiger partial charge in [-0.05, 0) is 18.6 Å².